The van der Waals surface area contributed by atoms with Gasteiger partial charge in [-0.25, -0.2) is 4.79 Å². The monoisotopic (exact) mass is 349 g/mol. The van der Waals surface area contributed by atoms with Crippen LogP contribution in [-0.2, 0) is 17.8 Å². The number of amides is 3. The molecule has 0 fully saturated rings. The third-order valence-corrected chi connectivity index (χ3v) is 4.08. The average molecular weight is 349 g/mol. The summed E-state index contributed by atoms with van der Waals surface area (Å²) < 4.78 is 11.5. The van der Waals surface area contributed by atoms with Gasteiger partial charge in [0, 0.05) is 24.1 Å². The fourth-order valence-corrected chi connectivity index (χ4v) is 2.89. The first-order chi connectivity index (χ1) is 11.8. The number of primary amides is 1. The first-order valence-corrected chi connectivity index (χ1v) is 8.60. The van der Waals surface area contributed by atoms with Crippen molar-refractivity contribution in [1.29, 1.82) is 0 Å². The summed E-state index contributed by atoms with van der Waals surface area (Å²) in [5.74, 6) is 1.20. The lowest BCUT2D eigenvalue weighted by Crippen LogP contribution is -2.51. The Kier molecular flexibility index (Phi) is 6.12. The number of hydrogen-bond acceptors (Lipinski definition) is 4. The Morgan fingerprint density at radius 3 is 2.72 bits per heavy atom. The second kappa shape index (κ2) is 8.09. The van der Waals surface area contributed by atoms with Gasteiger partial charge in [0.1, 0.15) is 23.6 Å². The smallest absolute Gasteiger partial charge is 0.312 e. The number of urea groups is 1. The van der Waals surface area contributed by atoms with E-state index in [4.69, 9.17) is 15.2 Å². The molecule has 0 aliphatic carbocycles. The third-order valence-electron chi connectivity index (χ3n) is 4.08. The Morgan fingerprint density at radius 2 is 2.12 bits per heavy atom. The topological polar surface area (TPSA) is 103 Å². The van der Waals surface area contributed by atoms with Gasteiger partial charge >= 0.3 is 6.03 Å². The lowest BCUT2D eigenvalue weighted by atomic mass is 10.0. The molecular weight excluding hydrogens is 322 g/mol. The van der Waals surface area contributed by atoms with E-state index in [0.29, 0.717) is 6.61 Å². The summed E-state index contributed by atoms with van der Waals surface area (Å²) in [7, 11) is 0. The van der Waals surface area contributed by atoms with E-state index < -0.39 is 12.1 Å². The molecule has 0 unspecified atom stereocenters. The van der Waals surface area contributed by atoms with Crippen molar-refractivity contribution in [3.05, 3.63) is 23.3 Å². The summed E-state index contributed by atoms with van der Waals surface area (Å²) in [6.45, 7) is 8.44. The molecule has 2 atom stereocenters. The first kappa shape index (κ1) is 18.9. The SMILES string of the molecule is CCOc1cc2c(cc1CNC(=O)[C@@H](NC(N)=O)C(C)C)O[C@@H](C)C2. The quantitative estimate of drug-likeness (QED) is 0.697. The van der Waals surface area contributed by atoms with Gasteiger partial charge in [-0.15, -0.1) is 0 Å². The summed E-state index contributed by atoms with van der Waals surface area (Å²) in [5.41, 5.74) is 7.10. The van der Waals surface area contributed by atoms with Crippen LogP contribution in [-0.4, -0.2) is 30.7 Å². The molecule has 0 saturated carbocycles. The molecule has 0 radical (unpaired) electrons. The van der Waals surface area contributed by atoms with Gasteiger partial charge < -0.3 is 25.8 Å². The van der Waals surface area contributed by atoms with Gasteiger partial charge in [-0.3, -0.25) is 4.79 Å². The maximum atomic E-state index is 12.4. The van der Waals surface area contributed by atoms with E-state index in [0.717, 1.165) is 29.0 Å². The zero-order valence-electron chi connectivity index (χ0n) is 15.2. The van der Waals surface area contributed by atoms with E-state index >= 15 is 0 Å². The minimum absolute atomic E-state index is 0.0805. The summed E-state index contributed by atoms with van der Waals surface area (Å²) in [6.07, 6.45) is 0.986. The van der Waals surface area contributed by atoms with Crippen LogP contribution in [0.3, 0.4) is 0 Å². The predicted octanol–water partition coefficient (Wildman–Crippen LogP) is 1.72. The maximum absolute atomic E-state index is 12.4. The molecule has 138 valence electrons. The number of carbonyl (C=O) groups excluding carboxylic acids is 2. The van der Waals surface area contributed by atoms with E-state index in [2.05, 4.69) is 10.6 Å². The van der Waals surface area contributed by atoms with Gasteiger partial charge in [0.15, 0.2) is 0 Å². The molecule has 3 amide bonds. The van der Waals surface area contributed by atoms with Crippen molar-refractivity contribution in [2.75, 3.05) is 6.61 Å². The van der Waals surface area contributed by atoms with Crippen molar-refractivity contribution >= 4 is 11.9 Å². The van der Waals surface area contributed by atoms with Crippen LogP contribution in [0.1, 0.15) is 38.8 Å². The van der Waals surface area contributed by atoms with E-state index in [9.17, 15) is 9.59 Å². The number of benzene rings is 1. The molecule has 7 nitrogen and oxygen atoms in total. The molecule has 0 bridgehead atoms. The Labute approximate surface area is 148 Å². The summed E-state index contributed by atoms with van der Waals surface area (Å²) in [4.78, 5) is 23.5. The molecule has 1 aromatic carbocycles. The van der Waals surface area contributed by atoms with Crippen LogP contribution in [0, 0.1) is 5.92 Å². The number of fused-ring (bicyclic) bond motifs is 1. The third kappa shape index (κ3) is 4.78. The summed E-state index contributed by atoms with van der Waals surface area (Å²) in [6, 6.07) is 2.49. The Bertz CT molecular complexity index is 645. The van der Waals surface area contributed by atoms with E-state index in [1.54, 1.807) is 0 Å². The highest BCUT2D eigenvalue weighted by molar-refractivity contribution is 5.86. The van der Waals surface area contributed by atoms with E-state index in [1.165, 1.54) is 0 Å². The van der Waals surface area contributed by atoms with Gasteiger partial charge in [0.2, 0.25) is 5.91 Å². The van der Waals surface area contributed by atoms with Crippen LogP contribution in [0.25, 0.3) is 0 Å². The number of hydrogen-bond donors (Lipinski definition) is 3. The van der Waals surface area contributed by atoms with E-state index in [1.807, 2.05) is 39.8 Å². The number of ether oxygens (including phenoxy) is 2. The fraction of sp³-hybridized carbons (Fsp3) is 0.556. The van der Waals surface area contributed by atoms with Crippen molar-refractivity contribution in [2.24, 2.45) is 11.7 Å². The molecule has 0 aromatic heterocycles. The van der Waals surface area contributed by atoms with Crippen molar-refractivity contribution in [3.63, 3.8) is 0 Å². The maximum Gasteiger partial charge on any atom is 0.312 e. The van der Waals surface area contributed by atoms with E-state index in [-0.39, 0.29) is 24.5 Å². The summed E-state index contributed by atoms with van der Waals surface area (Å²) in [5, 5.41) is 5.32. The Hall–Kier alpha value is -2.44. The average Bonchev–Trinajstić information content (AvgIpc) is 2.88. The van der Waals surface area contributed by atoms with Gasteiger partial charge in [0.25, 0.3) is 0 Å². The van der Waals surface area contributed by atoms with Gasteiger partial charge in [0.05, 0.1) is 6.61 Å². The fourth-order valence-electron chi connectivity index (χ4n) is 2.89. The standard InChI is InChI=1S/C18H27N3O4/c1-5-24-14-7-12-6-11(4)25-15(12)8-13(14)9-20-17(22)16(10(2)3)21-18(19)23/h7-8,10-11,16H,5-6,9H2,1-4H3,(H,20,22)(H3,19,21,23)/t11-,16-/m0/s1. The molecule has 7 heteroatoms. The lowest BCUT2D eigenvalue weighted by molar-refractivity contribution is -0.124. The minimum Gasteiger partial charge on any atom is -0.494 e. The largest absolute Gasteiger partial charge is 0.494 e. The van der Waals surface area contributed by atoms with Crippen LogP contribution in [0.15, 0.2) is 12.1 Å². The number of nitrogens with two attached hydrogens (primary N) is 1. The highest BCUT2D eigenvalue weighted by atomic mass is 16.5. The second-order valence-electron chi connectivity index (χ2n) is 6.58. The van der Waals surface area contributed by atoms with Crippen LogP contribution < -0.4 is 25.8 Å². The molecule has 1 heterocycles. The van der Waals surface area contributed by atoms with Crippen LogP contribution in [0.2, 0.25) is 0 Å². The molecule has 25 heavy (non-hydrogen) atoms. The van der Waals surface area contributed by atoms with Crippen LogP contribution >= 0.6 is 0 Å². The first-order valence-electron chi connectivity index (χ1n) is 8.60. The number of rotatable bonds is 7. The second-order valence-corrected chi connectivity index (χ2v) is 6.58. The zero-order valence-corrected chi connectivity index (χ0v) is 15.2. The van der Waals surface area contributed by atoms with Crippen molar-refractivity contribution in [3.8, 4) is 11.5 Å². The lowest BCUT2D eigenvalue weighted by Gasteiger charge is -2.21. The van der Waals surface area contributed by atoms with Crippen molar-refractivity contribution in [2.45, 2.75) is 52.8 Å². The van der Waals surface area contributed by atoms with Crippen molar-refractivity contribution in [1.82, 2.24) is 10.6 Å². The van der Waals surface area contributed by atoms with Crippen LogP contribution in [0.4, 0.5) is 4.79 Å². The molecule has 1 aliphatic rings. The number of nitrogens with one attached hydrogen (secondary N) is 2. The van der Waals surface area contributed by atoms with Gasteiger partial charge in [-0.2, -0.15) is 0 Å². The molecule has 1 aliphatic heterocycles. The molecule has 0 saturated heterocycles. The van der Waals surface area contributed by atoms with Gasteiger partial charge in [-0.05, 0) is 31.9 Å². The Morgan fingerprint density at radius 1 is 1.40 bits per heavy atom. The van der Waals surface area contributed by atoms with Crippen molar-refractivity contribution < 1.29 is 19.1 Å². The zero-order chi connectivity index (χ0) is 18.6. The summed E-state index contributed by atoms with van der Waals surface area (Å²) >= 11 is 0. The molecular formula is C18H27N3O4. The highest BCUT2D eigenvalue weighted by Gasteiger charge is 2.25. The molecule has 1 aromatic rings. The minimum atomic E-state index is -0.719. The normalized spacial score (nSPS) is 16.8. The molecule has 2 rings (SSSR count). The molecule has 4 N–H and O–H groups in total. The highest BCUT2D eigenvalue weighted by Crippen LogP contribution is 2.35. The Balaban J connectivity index is 2.12. The van der Waals surface area contributed by atoms with Crippen LogP contribution in [0.5, 0.6) is 11.5 Å². The predicted molar refractivity (Wildman–Crippen MR) is 94.6 cm³/mol. The van der Waals surface area contributed by atoms with Gasteiger partial charge in [-0.1, -0.05) is 13.8 Å². The number of carbonyl (C=O) groups is 2. The molecule has 0 spiro atoms.